The van der Waals surface area contributed by atoms with Gasteiger partial charge >= 0.3 is 5.76 Å². The van der Waals surface area contributed by atoms with Gasteiger partial charge in [0, 0.05) is 6.07 Å². The van der Waals surface area contributed by atoms with E-state index in [0.717, 1.165) is 12.8 Å². The summed E-state index contributed by atoms with van der Waals surface area (Å²) in [6.45, 7) is 0. The highest BCUT2D eigenvalue weighted by atomic mass is 32.2. The van der Waals surface area contributed by atoms with Crippen LogP contribution < -0.4 is 15.2 Å². The van der Waals surface area contributed by atoms with Gasteiger partial charge in [-0.25, -0.2) is 13.2 Å². The lowest BCUT2D eigenvalue weighted by Crippen LogP contribution is -2.13. The summed E-state index contributed by atoms with van der Waals surface area (Å²) in [5, 5.41) is 0. The molecule has 0 atom stereocenters. The van der Waals surface area contributed by atoms with E-state index in [1.54, 1.807) is 24.3 Å². The second-order valence-electron chi connectivity index (χ2n) is 6.33. The highest BCUT2D eigenvalue weighted by molar-refractivity contribution is 7.92. The first-order valence-corrected chi connectivity index (χ1v) is 9.90. The maximum Gasteiger partial charge on any atom is 0.417 e. The van der Waals surface area contributed by atoms with Gasteiger partial charge in [0.05, 0.1) is 22.2 Å². The molecule has 0 bridgehead atoms. The van der Waals surface area contributed by atoms with Gasteiger partial charge in [0.25, 0.3) is 10.0 Å². The molecule has 1 aliphatic carbocycles. The van der Waals surface area contributed by atoms with Crippen LogP contribution in [-0.4, -0.2) is 19.5 Å². The van der Waals surface area contributed by atoms with Crippen molar-refractivity contribution in [3.8, 4) is 5.75 Å². The van der Waals surface area contributed by atoms with Gasteiger partial charge in [-0.3, -0.25) is 9.71 Å². The Bertz CT molecular complexity index is 1080. The van der Waals surface area contributed by atoms with Crippen LogP contribution in [0.2, 0.25) is 0 Å². The molecule has 0 saturated heterocycles. The van der Waals surface area contributed by atoms with E-state index in [4.69, 9.17) is 9.15 Å². The summed E-state index contributed by atoms with van der Waals surface area (Å²) >= 11 is 0. The summed E-state index contributed by atoms with van der Waals surface area (Å²) < 4.78 is 38.4. The SMILES string of the molecule is O=c1[nH]c2ccc(NS(=O)(=O)c3ccc(OC4CCCC4)cc3)cc2o1. The molecular weight excluding hydrogens is 356 g/mol. The number of aromatic nitrogens is 1. The quantitative estimate of drug-likeness (QED) is 0.714. The van der Waals surface area contributed by atoms with Crippen molar-refractivity contribution in [3.63, 3.8) is 0 Å². The summed E-state index contributed by atoms with van der Waals surface area (Å²) in [4.78, 5) is 13.8. The van der Waals surface area contributed by atoms with E-state index in [1.165, 1.54) is 31.0 Å². The number of aromatic amines is 1. The lowest BCUT2D eigenvalue weighted by atomic mass is 10.3. The summed E-state index contributed by atoms with van der Waals surface area (Å²) in [5.74, 6) is 0.0872. The largest absolute Gasteiger partial charge is 0.490 e. The molecule has 0 amide bonds. The standard InChI is InChI=1S/C18H18N2O5S/c21-18-19-16-10-5-12(11-17(16)25-18)20-26(22,23)15-8-6-14(7-9-15)24-13-3-1-2-4-13/h5-11,13,20H,1-4H2,(H,19,21). The summed E-state index contributed by atoms with van der Waals surface area (Å²) in [7, 11) is -3.75. The molecule has 0 spiro atoms. The van der Waals surface area contributed by atoms with E-state index in [9.17, 15) is 13.2 Å². The Balaban J connectivity index is 1.52. The van der Waals surface area contributed by atoms with Gasteiger partial charge < -0.3 is 9.15 Å². The second-order valence-corrected chi connectivity index (χ2v) is 8.01. The van der Waals surface area contributed by atoms with Crippen molar-refractivity contribution in [2.75, 3.05) is 4.72 Å². The van der Waals surface area contributed by atoms with E-state index in [0.29, 0.717) is 17.0 Å². The first-order valence-electron chi connectivity index (χ1n) is 8.42. The van der Waals surface area contributed by atoms with E-state index >= 15 is 0 Å². The van der Waals surface area contributed by atoms with Gasteiger partial charge in [0.1, 0.15) is 5.75 Å². The van der Waals surface area contributed by atoms with Gasteiger partial charge in [-0.15, -0.1) is 0 Å². The molecule has 2 N–H and O–H groups in total. The lowest BCUT2D eigenvalue weighted by molar-refractivity contribution is 0.210. The van der Waals surface area contributed by atoms with Gasteiger partial charge in [0.2, 0.25) is 0 Å². The molecular formula is C18H18N2O5S. The molecule has 136 valence electrons. The van der Waals surface area contributed by atoms with Gasteiger partial charge in [-0.2, -0.15) is 0 Å². The zero-order chi connectivity index (χ0) is 18.1. The fourth-order valence-corrected chi connectivity index (χ4v) is 4.17. The molecule has 1 heterocycles. The van der Waals surface area contributed by atoms with Gasteiger partial charge in [-0.05, 0) is 62.1 Å². The fourth-order valence-electron chi connectivity index (χ4n) is 3.12. The average Bonchev–Trinajstić information content (AvgIpc) is 3.23. The number of ether oxygens (including phenoxy) is 1. The van der Waals surface area contributed by atoms with Crippen LogP contribution in [0, 0.1) is 0 Å². The highest BCUT2D eigenvalue weighted by Gasteiger charge is 2.18. The van der Waals surface area contributed by atoms with Crippen LogP contribution in [-0.2, 0) is 10.0 Å². The van der Waals surface area contributed by atoms with E-state index in [1.807, 2.05) is 0 Å². The topological polar surface area (TPSA) is 101 Å². The second kappa shape index (κ2) is 6.53. The summed E-state index contributed by atoms with van der Waals surface area (Å²) in [6, 6.07) is 11.0. The minimum atomic E-state index is -3.75. The predicted molar refractivity (Wildman–Crippen MR) is 97.0 cm³/mol. The molecule has 1 fully saturated rings. The van der Waals surface area contributed by atoms with Crippen molar-refractivity contribution in [3.05, 3.63) is 53.0 Å². The monoisotopic (exact) mass is 374 g/mol. The zero-order valence-electron chi connectivity index (χ0n) is 13.9. The van der Waals surface area contributed by atoms with Crippen LogP contribution in [0.15, 0.2) is 56.6 Å². The number of anilines is 1. The van der Waals surface area contributed by atoms with Gasteiger partial charge in [0.15, 0.2) is 5.58 Å². The Morgan fingerprint density at radius 2 is 1.81 bits per heavy atom. The smallest absolute Gasteiger partial charge is 0.417 e. The molecule has 0 aliphatic heterocycles. The highest BCUT2D eigenvalue weighted by Crippen LogP contribution is 2.26. The number of benzene rings is 2. The van der Waals surface area contributed by atoms with Crippen molar-refractivity contribution < 1.29 is 17.6 Å². The number of H-pyrrole nitrogens is 1. The first-order chi connectivity index (χ1) is 12.5. The molecule has 0 unspecified atom stereocenters. The molecule has 1 aliphatic rings. The number of hydrogen-bond donors (Lipinski definition) is 2. The normalized spacial score (nSPS) is 15.4. The Morgan fingerprint density at radius 1 is 1.08 bits per heavy atom. The third-order valence-corrected chi connectivity index (χ3v) is 5.81. The van der Waals surface area contributed by atoms with E-state index in [-0.39, 0.29) is 16.6 Å². The van der Waals surface area contributed by atoms with Crippen molar-refractivity contribution in [2.24, 2.45) is 0 Å². The van der Waals surface area contributed by atoms with Crippen LogP contribution in [0.4, 0.5) is 5.69 Å². The Morgan fingerprint density at radius 3 is 2.54 bits per heavy atom. The van der Waals surface area contributed by atoms with Crippen LogP contribution in [0.3, 0.4) is 0 Å². The maximum absolute atomic E-state index is 12.5. The van der Waals surface area contributed by atoms with Crippen LogP contribution in [0.25, 0.3) is 11.1 Å². The average molecular weight is 374 g/mol. The van der Waals surface area contributed by atoms with Crippen LogP contribution >= 0.6 is 0 Å². The maximum atomic E-state index is 12.5. The van der Waals surface area contributed by atoms with Crippen LogP contribution in [0.5, 0.6) is 5.75 Å². The Kier molecular flexibility index (Phi) is 4.20. The molecule has 8 heteroatoms. The van der Waals surface area contributed by atoms with Crippen molar-refractivity contribution in [1.82, 2.24) is 4.98 Å². The molecule has 1 aromatic heterocycles. The third-order valence-electron chi connectivity index (χ3n) is 4.41. The van der Waals surface area contributed by atoms with E-state index < -0.39 is 15.8 Å². The molecule has 7 nitrogen and oxygen atoms in total. The predicted octanol–water partition coefficient (Wildman–Crippen LogP) is 3.24. The minimum Gasteiger partial charge on any atom is -0.490 e. The molecule has 2 aromatic carbocycles. The summed E-state index contributed by atoms with van der Waals surface area (Å²) in [5.41, 5.74) is 1.11. The third kappa shape index (κ3) is 3.45. The number of hydrogen-bond acceptors (Lipinski definition) is 5. The first kappa shape index (κ1) is 16.7. The Hall–Kier alpha value is -2.74. The van der Waals surface area contributed by atoms with Crippen LogP contribution in [0.1, 0.15) is 25.7 Å². The molecule has 3 aromatic rings. The zero-order valence-corrected chi connectivity index (χ0v) is 14.7. The number of rotatable bonds is 5. The minimum absolute atomic E-state index is 0.131. The Labute approximate surface area is 150 Å². The molecule has 0 radical (unpaired) electrons. The molecule has 4 rings (SSSR count). The summed E-state index contributed by atoms with van der Waals surface area (Å²) in [6.07, 6.45) is 4.65. The lowest BCUT2D eigenvalue weighted by Gasteiger charge is -2.13. The number of oxazole rings is 1. The number of fused-ring (bicyclic) bond motifs is 1. The van der Waals surface area contributed by atoms with Crippen molar-refractivity contribution in [2.45, 2.75) is 36.7 Å². The van der Waals surface area contributed by atoms with E-state index in [2.05, 4.69) is 9.71 Å². The van der Waals surface area contributed by atoms with Gasteiger partial charge in [-0.1, -0.05) is 0 Å². The number of sulfonamides is 1. The molecule has 1 saturated carbocycles. The molecule has 26 heavy (non-hydrogen) atoms. The number of nitrogens with one attached hydrogen (secondary N) is 2. The van der Waals surface area contributed by atoms with Crippen molar-refractivity contribution >= 4 is 26.8 Å². The fraction of sp³-hybridized carbons (Fsp3) is 0.278. The van der Waals surface area contributed by atoms with Crippen molar-refractivity contribution in [1.29, 1.82) is 0 Å².